The summed E-state index contributed by atoms with van der Waals surface area (Å²) in [4.78, 5) is 0. The molecule has 8 heteroatoms. The van der Waals surface area contributed by atoms with Crippen LogP contribution in [0.25, 0.3) is 0 Å². The Balaban J connectivity index is 0.00000338. The molecule has 0 aliphatic rings. The van der Waals surface area contributed by atoms with Gasteiger partial charge in [-0.3, -0.25) is 0 Å². The van der Waals surface area contributed by atoms with Gasteiger partial charge >= 0.3 is 0 Å². The van der Waals surface area contributed by atoms with Gasteiger partial charge in [0.2, 0.25) is 0 Å². The fourth-order valence-electron chi connectivity index (χ4n) is 2.33. The lowest BCUT2D eigenvalue weighted by atomic mass is 10.2. The predicted molar refractivity (Wildman–Crippen MR) is 118 cm³/mol. The van der Waals surface area contributed by atoms with Crippen LogP contribution in [-0.4, -0.2) is 31.3 Å². The van der Waals surface area contributed by atoms with Crippen molar-refractivity contribution in [2.24, 2.45) is 0 Å². The molecule has 0 atom stereocenters. The molecule has 0 radical (unpaired) electrons. The van der Waals surface area contributed by atoms with E-state index in [1.807, 2.05) is 42.5 Å². The Morgan fingerprint density at radius 1 is 0.852 bits per heavy atom. The number of rotatable bonds is 11. The van der Waals surface area contributed by atoms with Crippen molar-refractivity contribution in [1.29, 1.82) is 0 Å². The Hall–Kier alpha value is -0.720. The van der Waals surface area contributed by atoms with Crippen molar-refractivity contribution >= 4 is 48.0 Å². The quantitative estimate of drug-likeness (QED) is 0.437. The van der Waals surface area contributed by atoms with Crippen molar-refractivity contribution in [3.8, 4) is 5.75 Å². The van der Waals surface area contributed by atoms with Crippen molar-refractivity contribution in [2.75, 3.05) is 26.2 Å². The van der Waals surface area contributed by atoms with E-state index < -0.39 is 0 Å². The summed E-state index contributed by atoms with van der Waals surface area (Å²) < 4.78 is 5.95. The van der Waals surface area contributed by atoms with Crippen LogP contribution in [-0.2, 0) is 13.2 Å². The smallest absolute Gasteiger partial charge is 0.124 e. The number of aliphatic hydroxyl groups is 1. The van der Waals surface area contributed by atoms with E-state index in [1.165, 1.54) is 0 Å². The summed E-state index contributed by atoms with van der Waals surface area (Å²) >= 11 is 12.0. The molecule has 0 unspecified atom stereocenters. The average Bonchev–Trinajstić information content (AvgIpc) is 2.61. The van der Waals surface area contributed by atoms with E-state index in [4.69, 9.17) is 33.0 Å². The van der Waals surface area contributed by atoms with Gasteiger partial charge in [0, 0.05) is 28.7 Å². The minimum absolute atomic E-state index is 0. The Bertz CT molecular complexity index is 642. The molecule has 0 saturated heterocycles. The van der Waals surface area contributed by atoms with Crippen molar-refractivity contribution in [3.63, 3.8) is 0 Å². The second-order valence-electron chi connectivity index (χ2n) is 5.67. The summed E-state index contributed by atoms with van der Waals surface area (Å²) in [7, 11) is 0. The molecule has 0 fully saturated rings. The van der Waals surface area contributed by atoms with Gasteiger partial charge in [-0.25, -0.2) is 0 Å². The first kappa shape index (κ1) is 26.3. The summed E-state index contributed by atoms with van der Waals surface area (Å²) in [6, 6.07) is 13.3. The van der Waals surface area contributed by atoms with Gasteiger partial charge in [0.25, 0.3) is 0 Å². The Morgan fingerprint density at radius 2 is 1.52 bits per heavy atom. The molecule has 27 heavy (non-hydrogen) atoms. The van der Waals surface area contributed by atoms with Crippen molar-refractivity contribution in [2.45, 2.75) is 19.6 Å². The molecule has 2 aromatic rings. The molecule has 2 aromatic carbocycles. The van der Waals surface area contributed by atoms with Crippen LogP contribution in [0.5, 0.6) is 5.75 Å². The molecule has 0 aliphatic heterocycles. The first-order valence-corrected chi connectivity index (χ1v) is 9.12. The second kappa shape index (κ2) is 15.2. The van der Waals surface area contributed by atoms with E-state index in [-0.39, 0.29) is 31.4 Å². The largest absolute Gasteiger partial charge is 0.489 e. The van der Waals surface area contributed by atoms with E-state index >= 15 is 0 Å². The van der Waals surface area contributed by atoms with Crippen LogP contribution in [0.4, 0.5) is 0 Å². The monoisotopic (exact) mass is 454 g/mol. The van der Waals surface area contributed by atoms with E-state index in [9.17, 15) is 0 Å². The summed E-state index contributed by atoms with van der Waals surface area (Å²) in [6.07, 6.45) is 0.988. The minimum atomic E-state index is 0. The number of aliphatic hydroxyl groups excluding tert-OH is 1. The summed E-state index contributed by atoms with van der Waals surface area (Å²) in [5.41, 5.74) is 2.10. The Kier molecular flexibility index (Phi) is 14.8. The summed E-state index contributed by atoms with van der Waals surface area (Å²) in [5.74, 6) is 0.824. The number of hydrogen-bond acceptors (Lipinski definition) is 4. The predicted octanol–water partition coefficient (Wildman–Crippen LogP) is 4.48. The zero-order valence-corrected chi connectivity index (χ0v) is 18.1. The Morgan fingerprint density at radius 3 is 2.22 bits per heavy atom. The van der Waals surface area contributed by atoms with Crippen LogP contribution in [0.1, 0.15) is 17.5 Å². The Labute approximate surface area is 183 Å². The summed E-state index contributed by atoms with van der Waals surface area (Å²) in [5, 5.41) is 16.7. The van der Waals surface area contributed by atoms with Crippen LogP contribution in [0.3, 0.4) is 0 Å². The topological polar surface area (TPSA) is 53.5 Å². The van der Waals surface area contributed by atoms with Crippen LogP contribution in [0.15, 0.2) is 42.5 Å². The molecule has 3 N–H and O–H groups in total. The van der Waals surface area contributed by atoms with Crippen molar-refractivity contribution < 1.29 is 9.84 Å². The van der Waals surface area contributed by atoms with E-state index in [0.29, 0.717) is 29.7 Å². The molecule has 0 amide bonds. The third kappa shape index (κ3) is 10.4. The second-order valence-corrected chi connectivity index (χ2v) is 6.54. The molecule has 152 valence electrons. The molecule has 0 spiro atoms. The first-order valence-electron chi connectivity index (χ1n) is 8.37. The maximum atomic E-state index is 8.71. The van der Waals surface area contributed by atoms with E-state index in [1.54, 1.807) is 0 Å². The van der Waals surface area contributed by atoms with Crippen molar-refractivity contribution in [1.82, 2.24) is 10.6 Å². The minimum Gasteiger partial charge on any atom is -0.489 e. The van der Waals surface area contributed by atoms with Crippen LogP contribution in [0, 0.1) is 0 Å². The van der Waals surface area contributed by atoms with Crippen LogP contribution < -0.4 is 15.4 Å². The normalized spacial score (nSPS) is 10.0. The fraction of sp³-hybridized carbons (Fsp3) is 0.368. The fourth-order valence-corrected chi connectivity index (χ4v) is 2.65. The number of ether oxygens (including phenoxy) is 1. The SMILES string of the molecule is Cl.Cl.OCCNCCCNCc1cc(Cl)ccc1OCc1ccc(Cl)cc1. The molecule has 2 rings (SSSR count). The number of benzene rings is 2. The zero-order valence-electron chi connectivity index (χ0n) is 14.9. The average molecular weight is 456 g/mol. The molecule has 0 saturated carbocycles. The highest BCUT2D eigenvalue weighted by Crippen LogP contribution is 2.24. The molecular formula is C19H26Cl4N2O2. The molecule has 0 heterocycles. The highest BCUT2D eigenvalue weighted by atomic mass is 35.5. The van der Waals surface area contributed by atoms with Crippen LogP contribution in [0.2, 0.25) is 10.0 Å². The standard InChI is InChI=1S/C19H24Cl2N2O2.2ClH/c20-17-4-2-15(3-5-17)14-25-19-7-6-18(21)12-16(19)13-23-9-1-8-22-10-11-24;;/h2-7,12,22-24H,1,8-11,13-14H2;2*1H. The highest BCUT2D eigenvalue weighted by Gasteiger charge is 2.05. The molecule has 0 aliphatic carbocycles. The maximum Gasteiger partial charge on any atom is 0.124 e. The third-order valence-corrected chi connectivity index (χ3v) is 4.13. The van der Waals surface area contributed by atoms with E-state index in [0.717, 1.165) is 36.4 Å². The number of halogens is 4. The summed E-state index contributed by atoms with van der Waals surface area (Å²) in [6.45, 7) is 3.74. The molecule has 4 nitrogen and oxygen atoms in total. The third-order valence-electron chi connectivity index (χ3n) is 3.64. The van der Waals surface area contributed by atoms with Crippen molar-refractivity contribution in [3.05, 3.63) is 63.6 Å². The molecule has 0 bridgehead atoms. The lowest BCUT2D eigenvalue weighted by molar-refractivity contribution is 0.292. The first-order chi connectivity index (χ1) is 12.2. The lowest BCUT2D eigenvalue weighted by Gasteiger charge is -2.13. The van der Waals surface area contributed by atoms with Gasteiger partial charge in [-0.1, -0.05) is 35.3 Å². The van der Waals surface area contributed by atoms with Gasteiger partial charge in [-0.15, -0.1) is 24.8 Å². The zero-order chi connectivity index (χ0) is 17.9. The van der Waals surface area contributed by atoms with Gasteiger partial charge in [-0.2, -0.15) is 0 Å². The molecular weight excluding hydrogens is 430 g/mol. The maximum absolute atomic E-state index is 8.71. The van der Waals surface area contributed by atoms with Gasteiger partial charge < -0.3 is 20.5 Å². The van der Waals surface area contributed by atoms with Gasteiger partial charge in [0.05, 0.1) is 6.61 Å². The highest BCUT2D eigenvalue weighted by molar-refractivity contribution is 6.30. The molecule has 0 aromatic heterocycles. The van der Waals surface area contributed by atoms with E-state index in [2.05, 4.69) is 10.6 Å². The number of hydrogen-bond donors (Lipinski definition) is 3. The number of nitrogens with one attached hydrogen (secondary N) is 2. The van der Waals surface area contributed by atoms with Crippen LogP contribution >= 0.6 is 48.0 Å². The van der Waals surface area contributed by atoms with Gasteiger partial charge in [0.15, 0.2) is 0 Å². The lowest BCUT2D eigenvalue weighted by Crippen LogP contribution is -2.24. The van der Waals surface area contributed by atoms with Gasteiger partial charge in [-0.05, 0) is 55.4 Å². The van der Waals surface area contributed by atoms with Gasteiger partial charge in [0.1, 0.15) is 12.4 Å².